The molecule has 0 bridgehead atoms. The monoisotopic (exact) mass is 367 g/mol. The summed E-state index contributed by atoms with van der Waals surface area (Å²) < 4.78 is 4.15. The summed E-state index contributed by atoms with van der Waals surface area (Å²) in [4.78, 5) is 23.8. The van der Waals surface area contributed by atoms with Crippen molar-refractivity contribution in [3.05, 3.63) is 34.8 Å². The number of Topliss-reactive ketones (excluding diaryl/α,β-unsaturated/α-hetero) is 1. The fourth-order valence-corrected chi connectivity index (χ4v) is 1.97. The second kappa shape index (κ2) is 6.43. The molecule has 0 saturated heterocycles. The van der Waals surface area contributed by atoms with Crippen LogP contribution < -0.4 is 5.32 Å². The summed E-state index contributed by atoms with van der Waals surface area (Å²) in [7, 11) is 0. The number of carbonyl (C=O) groups excluding carboxylic acids is 2. The fraction of sp³-hybridized carbons (Fsp3) is 0.429. The van der Waals surface area contributed by atoms with Gasteiger partial charge in [0.1, 0.15) is 12.4 Å². The van der Waals surface area contributed by atoms with E-state index in [0.717, 1.165) is 4.47 Å². The molecule has 8 heteroatoms. The lowest BCUT2D eigenvalue weighted by molar-refractivity contribution is -0.125. The van der Waals surface area contributed by atoms with Crippen LogP contribution in [0, 0.1) is 5.41 Å². The average Bonchev–Trinajstić information content (AvgIpc) is 3.04. The van der Waals surface area contributed by atoms with Gasteiger partial charge in [0.05, 0.1) is 17.2 Å². The Hall–Kier alpha value is -1.96. The topological polar surface area (TPSA) is 81.8 Å². The summed E-state index contributed by atoms with van der Waals surface area (Å²) in [5.74, 6) is -0.389. The van der Waals surface area contributed by atoms with Crippen LogP contribution in [-0.4, -0.2) is 37.8 Å². The van der Waals surface area contributed by atoms with Crippen molar-refractivity contribution in [1.82, 2.24) is 24.9 Å². The van der Waals surface area contributed by atoms with Crippen molar-refractivity contribution in [2.45, 2.75) is 27.4 Å². The molecule has 0 spiro atoms. The maximum Gasteiger partial charge on any atom is 0.272 e. The van der Waals surface area contributed by atoms with Crippen LogP contribution in [0.5, 0.6) is 0 Å². The minimum absolute atomic E-state index is 0.00129. The van der Waals surface area contributed by atoms with Crippen molar-refractivity contribution in [2.24, 2.45) is 5.41 Å². The van der Waals surface area contributed by atoms with Gasteiger partial charge in [-0.1, -0.05) is 20.8 Å². The molecule has 0 aliphatic rings. The fourth-order valence-electron chi connectivity index (χ4n) is 1.64. The number of aromatic nitrogens is 4. The highest BCUT2D eigenvalue weighted by Crippen LogP contribution is 2.13. The Labute approximate surface area is 136 Å². The molecule has 0 atom stereocenters. The van der Waals surface area contributed by atoms with Crippen molar-refractivity contribution in [1.29, 1.82) is 0 Å². The molecule has 0 aromatic carbocycles. The summed E-state index contributed by atoms with van der Waals surface area (Å²) in [6, 6.07) is 1.61. The molecule has 2 heterocycles. The van der Waals surface area contributed by atoms with Gasteiger partial charge in [-0.05, 0) is 22.0 Å². The van der Waals surface area contributed by atoms with Gasteiger partial charge in [-0.3, -0.25) is 14.3 Å². The molecule has 2 aromatic rings. The van der Waals surface area contributed by atoms with E-state index in [1.165, 1.54) is 0 Å². The number of carbonyl (C=O) groups is 2. The zero-order chi connectivity index (χ0) is 16.3. The first-order chi connectivity index (χ1) is 10.3. The van der Waals surface area contributed by atoms with E-state index < -0.39 is 5.41 Å². The predicted octanol–water partition coefficient (Wildman–Crippen LogP) is 1.69. The molecule has 0 saturated carbocycles. The van der Waals surface area contributed by atoms with Gasteiger partial charge in [-0.15, -0.1) is 0 Å². The van der Waals surface area contributed by atoms with Crippen molar-refractivity contribution in [3.63, 3.8) is 0 Å². The van der Waals surface area contributed by atoms with Gasteiger partial charge in [0.25, 0.3) is 5.91 Å². The van der Waals surface area contributed by atoms with Gasteiger partial charge in [0.2, 0.25) is 0 Å². The highest BCUT2D eigenvalue weighted by atomic mass is 79.9. The van der Waals surface area contributed by atoms with Gasteiger partial charge in [0.15, 0.2) is 5.78 Å². The molecule has 2 rings (SSSR count). The Balaban J connectivity index is 1.93. The molecule has 22 heavy (non-hydrogen) atoms. The highest BCUT2D eigenvalue weighted by molar-refractivity contribution is 9.10. The number of nitrogens with zero attached hydrogens (tertiary/aromatic N) is 4. The van der Waals surface area contributed by atoms with E-state index in [1.807, 2.05) is 27.0 Å². The number of halogens is 1. The van der Waals surface area contributed by atoms with Crippen molar-refractivity contribution < 1.29 is 9.59 Å². The molecule has 0 aliphatic heterocycles. The second-order valence-corrected chi connectivity index (χ2v) is 6.85. The SMILES string of the molecule is CC(C)(C)C(=O)CNC(=O)c1ccn(Cn2cc(Br)cn2)n1. The first-order valence-electron chi connectivity index (χ1n) is 6.78. The third-order valence-corrected chi connectivity index (χ3v) is 3.42. The summed E-state index contributed by atoms with van der Waals surface area (Å²) in [5.41, 5.74) is -0.201. The third-order valence-electron chi connectivity index (χ3n) is 3.01. The van der Waals surface area contributed by atoms with E-state index in [4.69, 9.17) is 0 Å². The van der Waals surface area contributed by atoms with Crippen LogP contribution >= 0.6 is 15.9 Å². The quantitative estimate of drug-likeness (QED) is 0.871. The zero-order valence-corrected chi connectivity index (χ0v) is 14.3. The average molecular weight is 368 g/mol. The number of nitrogens with one attached hydrogen (secondary N) is 1. The molecule has 1 N–H and O–H groups in total. The van der Waals surface area contributed by atoms with Crippen molar-refractivity contribution in [3.8, 4) is 0 Å². The standard InChI is InChI=1S/C14H18BrN5O2/c1-14(2,3)12(21)7-16-13(22)11-4-5-19(18-11)9-20-8-10(15)6-17-20/h4-6,8H,7,9H2,1-3H3,(H,16,22). The number of hydrogen-bond donors (Lipinski definition) is 1. The number of ketones is 1. The lowest BCUT2D eigenvalue weighted by atomic mass is 9.91. The molecule has 0 aliphatic carbocycles. The van der Waals surface area contributed by atoms with Gasteiger partial charge in [-0.2, -0.15) is 10.2 Å². The molecule has 0 fully saturated rings. The molecule has 0 unspecified atom stereocenters. The van der Waals surface area contributed by atoms with E-state index >= 15 is 0 Å². The van der Waals surface area contributed by atoms with Crippen LogP contribution in [0.3, 0.4) is 0 Å². The van der Waals surface area contributed by atoms with Gasteiger partial charge in [-0.25, -0.2) is 4.68 Å². The van der Waals surface area contributed by atoms with Gasteiger partial charge < -0.3 is 5.32 Å². The maximum absolute atomic E-state index is 12.0. The Morgan fingerprint density at radius 1 is 1.32 bits per heavy atom. The second-order valence-electron chi connectivity index (χ2n) is 5.94. The smallest absolute Gasteiger partial charge is 0.272 e. The largest absolute Gasteiger partial charge is 0.344 e. The summed E-state index contributed by atoms with van der Waals surface area (Å²) in [6.07, 6.45) is 5.18. The van der Waals surface area contributed by atoms with Crippen LogP contribution in [0.15, 0.2) is 29.1 Å². The van der Waals surface area contributed by atoms with Crippen LogP contribution in [0.1, 0.15) is 31.3 Å². The minimum Gasteiger partial charge on any atom is -0.344 e. The summed E-state index contributed by atoms with van der Waals surface area (Å²) in [6.45, 7) is 5.86. The molecule has 7 nitrogen and oxygen atoms in total. The maximum atomic E-state index is 12.0. The summed E-state index contributed by atoms with van der Waals surface area (Å²) in [5, 5.41) is 10.9. The molecule has 118 valence electrons. The number of rotatable bonds is 5. The Kier molecular flexibility index (Phi) is 4.80. The molecule has 0 radical (unpaired) electrons. The Morgan fingerprint density at radius 3 is 2.64 bits per heavy atom. The van der Waals surface area contributed by atoms with Crippen LogP contribution in [0.4, 0.5) is 0 Å². The Bertz CT molecular complexity index is 683. The molecular formula is C14H18BrN5O2. The van der Waals surface area contributed by atoms with Crippen molar-refractivity contribution in [2.75, 3.05) is 6.54 Å². The van der Waals surface area contributed by atoms with E-state index in [2.05, 4.69) is 31.4 Å². The number of hydrogen-bond acceptors (Lipinski definition) is 4. The van der Waals surface area contributed by atoms with E-state index in [1.54, 1.807) is 27.8 Å². The minimum atomic E-state index is -0.472. The highest BCUT2D eigenvalue weighted by Gasteiger charge is 2.22. The van der Waals surface area contributed by atoms with Gasteiger partial charge in [0, 0.05) is 17.8 Å². The first-order valence-corrected chi connectivity index (χ1v) is 7.58. The third kappa shape index (κ3) is 4.27. The van der Waals surface area contributed by atoms with E-state index in [0.29, 0.717) is 6.67 Å². The first kappa shape index (κ1) is 16.4. The number of amides is 1. The Morgan fingerprint density at radius 2 is 2.05 bits per heavy atom. The van der Waals surface area contributed by atoms with E-state index in [9.17, 15) is 9.59 Å². The predicted molar refractivity (Wildman–Crippen MR) is 84.3 cm³/mol. The molecule has 1 amide bonds. The molecule has 2 aromatic heterocycles. The lowest BCUT2D eigenvalue weighted by Gasteiger charge is -2.16. The van der Waals surface area contributed by atoms with Crippen molar-refractivity contribution >= 4 is 27.6 Å². The van der Waals surface area contributed by atoms with E-state index in [-0.39, 0.29) is 23.9 Å². The molecular weight excluding hydrogens is 350 g/mol. The lowest BCUT2D eigenvalue weighted by Crippen LogP contribution is -2.35. The zero-order valence-electron chi connectivity index (χ0n) is 12.7. The summed E-state index contributed by atoms with van der Waals surface area (Å²) >= 11 is 3.31. The van der Waals surface area contributed by atoms with Crippen LogP contribution in [0.2, 0.25) is 0 Å². The van der Waals surface area contributed by atoms with Crippen LogP contribution in [0.25, 0.3) is 0 Å². The normalized spacial score (nSPS) is 11.5. The van der Waals surface area contributed by atoms with Gasteiger partial charge >= 0.3 is 0 Å². The van der Waals surface area contributed by atoms with Crippen LogP contribution in [-0.2, 0) is 11.5 Å².